The molecular weight excluding hydrogens is 316 g/mol. The zero-order valence-electron chi connectivity index (χ0n) is 15.1. The van der Waals surface area contributed by atoms with Crippen molar-refractivity contribution in [1.29, 1.82) is 0 Å². The zero-order chi connectivity index (χ0) is 18.0. The number of imidazole rings is 1. The summed E-state index contributed by atoms with van der Waals surface area (Å²) in [4.78, 5) is 28.4. The number of fused-ring (bicyclic) bond motifs is 1. The first-order chi connectivity index (χ1) is 11.9. The van der Waals surface area contributed by atoms with Crippen LogP contribution in [0.3, 0.4) is 0 Å². The van der Waals surface area contributed by atoms with Gasteiger partial charge in [0.15, 0.2) is 0 Å². The predicted octanol–water partition coefficient (Wildman–Crippen LogP) is 3.04. The number of hydrogen-bond donors (Lipinski definition) is 2. The standard InChI is InChI=1S/C19H26N4O2/c1-19(2,3)23-15-8-5-4-7-14(15)21-18(23)22-16(24)9-6-12-20-17(25)13-10-11-13/h4-5,7-8,13H,6,9-12H2,1-3H3,(H,20,25)(H,21,22,24). The number of carbonyl (C=O) groups excluding carboxylic acids is 2. The van der Waals surface area contributed by atoms with Crippen molar-refractivity contribution in [3.63, 3.8) is 0 Å². The summed E-state index contributed by atoms with van der Waals surface area (Å²) in [5.74, 6) is 0.817. The summed E-state index contributed by atoms with van der Waals surface area (Å²) in [6.45, 7) is 6.80. The quantitative estimate of drug-likeness (QED) is 0.792. The molecule has 25 heavy (non-hydrogen) atoms. The molecule has 1 aromatic carbocycles. The lowest BCUT2D eigenvalue weighted by atomic mass is 10.1. The Hall–Kier alpha value is -2.37. The zero-order valence-corrected chi connectivity index (χ0v) is 15.1. The first kappa shape index (κ1) is 17.5. The van der Waals surface area contributed by atoms with Gasteiger partial charge in [-0.05, 0) is 52.2 Å². The van der Waals surface area contributed by atoms with Crippen molar-refractivity contribution in [3.05, 3.63) is 24.3 Å². The lowest BCUT2D eigenvalue weighted by Crippen LogP contribution is -2.28. The van der Waals surface area contributed by atoms with Gasteiger partial charge in [0, 0.05) is 24.4 Å². The van der Waals surface area contributed by atoms with Crippen LogP contribution >= 0.6 is 0 Å². The maximum atomic E-state index is 12.3. The Morgan fingerprint density at radius 1 is 1.24 bits per heavy atom. The molecule has 0 radical (unpaired) electrons. The second-order valence-corrected chi connectivity index (χ2v) is 7.65. The fraction of sp³-hybridized carbons (Fsp3) is 0.526. The second kappa shape index (κ2) is 6.86. The molecule has 1 saturated carbocycles. The lowest BCUT2D eigenvalue weighted by Gasteiger charge is -2.24. The van der Waals surface area contributed by atoms with Crippen LogP contribution in [0.1, 0.15) is 46.5 Å². The van der Waals surface area contributed by atoms with Gasteiger partial charge < -0.3 is 9.88 Å². The predicted molar refractivity (Wildman–Crippen MR) is 98.3 cm³/mol. The van der Waals surface area contributed by atoms with Crippen LogP contribution in [-0.4, -0.2) is 27.9 Å². The van der Waals surface area contributed by atoms with E-state index in [0.29, 0.717) is 25.3 Å². The average Bonchev–Trinajstić information content (AvgIpc) is 3.31. The molecule has 1 aliphatic rings. The molecule has 0 unspecified atom stereocenters. The minimum atomic E-state index is -0.197. The van der Waals surface area contributed by atoms with Crippen molar-refractivity contribution >= 4 is 28.8 Å². The van der Waals surface area contributed by atoms with E-state index in [4.69, 9.17) is 0 Å². The van der Waals surface area contributed by atoms with Crippen LogP contribution in [-0.2, 0) is 15.1 Å². The molecular formula is C19H26N4O2. The Balaban J connectivity index is 1.61. The van der Waals surface area contributed by atoms with E-state index < -0.39 is 0 Å². The molecule has 2 aromatic rings. The first-order valence-corrected chi connectivity index (χ1v) is 8.92. The summed E-state index contributed by atoms with van der Waals surface area (Å²) in [6.07, 6.45) is 2.98. The molecule has 0 atom stereocenters. The van der Waals surface area contributed by atoms with Crippen molar-refractivity contribution in [1.82, 2.24) is 14.9 Å². The van der Waals surface area contributed by atoms with Gasteiger partial charge in [-0.2, -0.15) is 0 Å². The molecule has 0 saturated heterocycles. The van der Waals surface area contributed by atoms with Crippen LogP contribution < -0.4 is 10.6 Å². The number of hydrogen-bond acceptors (Lipinski definition) is 3. The number of amides is 2. The Labute approximate surface area is 148 Å². The van der Waals surface area contributed by atoms with Crippen molar-refractivity contribution in [2.24, 2.45) is 5.92 Å². The minimum Gasteiger partial charge on any atom is -0.356 e. The number of carbonyl (C=O) groups is 2. The van der Waals surface area contributed by atoms with Crippen LogP contribution in [0.25, 0.3) is 11.0 Å². The van der Waals surface area contributed by atoms with Crippen molar-refractivity contribution in [3.8, 4) is 0 Å². The van der Waals surface area contributed by atoms with E-state index >= 15 is 0 Å². The molecule has 1 aromatic heterocycles. The monoisotopic (exact) mass is 342 g/mol. The van der Waals surface area contributed by atoms with Crippen LogP contribution in [0.2, 0.25) is 0 Å². The minimum absolute atomic E-state index is 0.0820. The van der Waals surface area contributed by atoms with Gasteiger partial charge in [0.25, 0.3) is 0 Å². The highest BCUT2D eigenvalue weighted by atomic mass is 16.2. The van der Waals surface area contributed by atoms with Gasteiger partial charge in [-0.1, -0.05) is 12.1 Å². The van der Waals surface area contributed by atoms with E-state index in [9.17, 15) is 9.59 Å². The summed E-state index contributed by atoms with van der Waals surface area (Å²) < 4.78 is 2.05. The van der Waals surface area contributed by atoms with E-state index in [2.05, 4.69) is 41.0 Å². The van der Waals surface area contributed by atoms with E-state index in [-0.39, 0.29) is 23.3 Å². The van der Waals surface area contributed by atoms with E-state index in [0.717, 1.165) is 23.9 Å². The maximum Gasteiger partial charge on any atom is 0.226 e. The average molecular weight is 342 g/mol. The van der Waals surface area contributed by atoms with Gasteiger partial charge in [0.05, 0.1) is 11.0 Å². The second-order valence-electron chi connectivity index (χ2n) is 7.65. The topological polar surface area (TPSA) is 76.0 Å². The number of aromatic nitrogens is 2. The van der Waals surface area contributed by atoms with Crippen molar-refractivity contribution in [2.45, 2.75) is 52.0 Å². The number of anilines is 1. The highest BCUT2D eigenvalue weighted by Crippen LogP contribution is 2.29. The lowest BCUT2D eigenvalue weighted by molar-refractivity contribution is -0.122. The van der Waals surface area contributed by atoms with E-state index in [1.54, 1.807) is 0 Å². The van der Waals surface area contributed by atoms with Crippen molar-refractivity contribution < 1.29 is 9.59 Å². The van der Waals surface area contributed by atoms with Gasteiger partial charge in [0.1, 0.15) is 0 Å². The molecule has 6 heteroatoms. The highest BCUT2D eigenvalue weighted by molar-refractivity contribution is 5.91. The Morgan fingerprint density at radius 2 is 1.96 bits per heavy atom. The molecule has 1 heterocycles. The summed E-state index contributed by atoms with van der Waals surface area (Å²) in [5.41, 5.74) is 1.67. The fourth-order valence-electron chi connectivity index (χ4n) is 2.93. The van der Waals surface area contributed by atoms with Gasteiger partial charge in [0.2, 0.25) is 17.8 Å². The Morgan fingerprint density at radius 3 is 2.64 bits per heavy atom. The molecule has 0 aliphatic heterocycles. The SMILES string of the molecule is CC(C)(C)n1c(NC(=O)CCCNC(=O)C2CC2)nc2ccccc21. The van der Waals surface area contributed by atoms with Gasteiger partial charge in [-0.3, -0.25) is 14.9 Å². The normalized spacial score (nSPS) is 14.5. The molecule has 2 amide bonds. The molecule has 0 spiro atoms. The summed E-state index contributed by atoms with van der Waals surface area (Å²) >= 11 is 0. The van der Waals surface area contributed by atoms with Crippen LogP contribution in [0.4, 0.5) is 5.95 Å². The molecule has 0 bridgehead atoms. The number of para-hydroxylation sites is 2. The highest BCUT2D eigenvalue weighted by Gasteiger charge is 2.29. The third-order valence-electron chi connectivity index (χ3n) is 4.31. The number of rotatable bonds is 6. The number of benzene rings is 1. The molecule has 6 nitrogen and oxygen atoms in total. The maximum absolute atomic E-state index is 12.3. The molecule has 2 N–H and O–H groups in total. The van der Waals surface area contributed by atoms with Crippen LogP contribution in [0, 0.1) is 5.92 Å². The summed E-state index contributed by atoms with van der Waals surface area (Å²) in [7, 11) is 0. The first-order valence-electron chi connectivity index (χ1n) is 8.92. The van der Waals surface area contributed by atoms with Gasteiger partial charge in [-0.15, -0.1) is 0 Å². The molecule has 134 valence electrons. The van der Waals surface area contributed by atoms with Crippen LogP contribution in [0.5, 0.6) is 0 Å². The van der Waals surface area contributed by atoms with Gasteiger partial charge >= 0.3 is 0 Å². The van der Waals surface area contributed by atoms with E-state index in [1.807, 2.05) is 24.3 Å². The molecule has 3 rings (SSSR count). The third kappa shape index (κ3) is 4.18. The number of nitrogens with one attached hydrogen (secondary N) is 2. The largest absolute Gasteiger partial charge is 0.356 e. The fourth-order valence-corrected chi connectivity index (χ4v) is 2.93. The van der Waals surface area contributed by atoms with Crippen molar-refractivity contribution in [2.75, 3.05) is 11.9 Å². The van der Waals surface area contributed by atoms with Crippen LogP contribution in [0.15, 0.2) is 24.3 Å². The molecule has 1 aliphatic carbocycles. The van der Waals surface area contributed by atoms with E-state index in [1.165, 1.54) is 0 Å². The molecule has 1 fully saturated rings. The summed E-state index contributed by atoms with van der Waals surface area (Å²) in [6, 6.07) is 7.87. The van der Waals surface area contributed by atoms with Gasteiger partial charge in [-0.25, -0.2) is 4.98 Å². The smallest absolute Gasteiger partial charge is 0.226 e. The summed E-state index contributed by atoms with van der Waals surface area (Å²) in [5, 5.41) is 5.81. The third-order valence-corrected chi connectivity index (χ3v) is 4.31. The Kier molecular flexibility index (Phi) is 4.79. The Bertz CT molecular complexity index is 784. The number of nitrogens with zero attached hydrogens (tertiary/aromatic N) is 2.